The van der Waals surface area contributed by atoms with Gasteiger partial charge in [-0.15, -0.1) is 0 Å². The molecule has 0 radical (unpaired) electrons. The summed E-state index contributed by atoms with van der Waals surface area (Å²) in [5, 5.41) is 16.8. The van der Waals surface area contributed by atoms with Gasteiger partial charge in [0.15, 0.2) is 0 Å². The molecule has 0 spiro atoms. The van der Waals surface area contributed by atoms with Gasteiger partial charge in [-0.3, -0.25) is 0 Å². The van der Waals surface area contributed by atoms with E-state index in [9.17, 15) is 8.42 Å². The zero-order chi connectivity index (χ0) is 15.5. The van der Waals surface area contributed by atoms with Crippen molar-refractivity contribution >= 4 is 16.0 Å². The van der Waals surface area contributed by atoms with Crippen molar-refractivity contribution in [1.82, 2.24) is 9.97 Å². The molecule has 7 nitrogen and oxygen atoms in total. The molecule has 108 valence electrons. The number of nitriles is 1. The summed E-state index contributed by atoms with van der Waals surface area (Å²) in [6, 6.07) is 9.71. The van der Waals surface area contributed by atoms with Crippen molar-refractivity contribution in [3.8, 4) is 6.07 Å². The van der Waals surface area contributed by atoms with E-state index in [0.717, 1.165) is 5.56 Å². The first kappa shape index (κ1) is 14.9. The van der Waals surface area contributed by atoms with Gasteiger partial charge in [0.25, 0.3) is 0 Å². The maximum absolute atomic E-state index is 11.1. The number of benzene rings is 1. The summed E-state index contributed by atoms with van der Waals surface area (Å²) in [6.07, 6.45) is 0. The average molecular weight is 303 g/mol. The van der Waals surface area contributed by atoms with E-state index < -0.39 is 10.0 Å². The maximum atomic E-state index is 11.1. The van der Waals surface area contributed by atoms with Gasteiger partial charge < -0.3 is 5.32 Å². The third-order valence-corrected chi connectivity index (χ3v) is 3.60. The molecule has 0 saturated carbocycles. The Labute approximate surface area is 122 Å². The van der Waals surface area contributed by atoms with Gasteiger partial charge in [-0.2, -0.15) is 5.26 Å². The van der Waals surface area contributed by atoms with Crippen LogP contribution in [0.2, 0.25) is 0 Å². The molecular formula is C13H13N5O2S. The molecule has 0 aliphatic carbocycles. The fourth-order valence-electron chi connectivity index (χ4n) is 1.68. The van der Waals surface area contributed by atoms with Crippen molar-refractivity contribution in [2.24, 2.45) is 5.14 Å². The minimum Gasteiger partial charge on any atom is -0.350 e. The molecule has 0 fully saturated rings. The Morgan fingerprint density at radius 1 is 1.29 bits per heavy atom. The van der Waals surface area contributed by atoms with Crippen LogP contribution in [-0.2, 0) is 16.6 Å². The summed E-state index contributed by atoms with van der Waals surface area (Å²) >= 11 is 0. The van der Waals surface area contributed by atoms with Gasteiger partial charge in [0, 0.05) is 12.2 Å². The standard InChI is InChI=1S/C13H13N5O2S/c1-9-6-11(7-14)18-13(17-9)16-8-10-2-4-12(5-3-10)21(15,19)20/h2-6H,8H2,1H3,(H2,15,19,20)(H,16,17,18). The smallest absolute Gasteiger partial charge is 0.238 e. The highest BCUT2D eigenvalue weighted by atomic mass is 32.2. The molecule has 0 atom stereocenters. The summed E-state index contributed by atoms with van der Waals surface area (Å²) in [7, 11) is -3.68. The van der Waals surface area contributed by atoms with Crippen LogP contribution in [0.25, 0.3) is 0 Å². The number of nitrogens with zero attached hydrogens (tertiary/aromatic N) is 3. The SMILES string of the molecule is Cc1cc(C#N)nc(NCc2ccc(S(N)(=O)=O)cc2)n1. The van der Waals surface area contributed by atoms with Crippen LogP contribution in [0.5, 0.6) is 0 Å². The zero-order valence-corrected chi connectivity index (χ0v) is 12.1. The van der Waals surface area contributed by atoms with Crippen molar-refractivity contribution in [3.63, 3.8) is 0 Å². The highest BCUT2D eigenvalue weighted by molar-refractivity contribution is 7.89. The Morgan fingerprint density at radius 2 is 1.95 bits per heavy atom. The van der Waals surface area contributed by atoms with Crippen LogP contribution in [0, 0.1) is 18.3 Å². The van der Waals surface area contributed by atoms with Crippen LogP contribution in [0.3, 0.4) is 0 Å². The third-order valence-electron chi connectivity index (χ3n) is 2.67. The van der Waals surface area contributed by atoms with Crippen LogP contribution in [0.1, 0.15) is 17.0 Å². The molecule has 1 heterocycles. The molecule has 0 aliphatic heterocycles. The monoisotopic (exact) mass is 303 g/mol. The van der Waals surface area contributed by atoms with Crippen molar-refractivity contribution in [3.05, 3.63) is 47.3 Å². The first-order chi connectivity index (χ1) is 9.88. The highest BCUT2D eigenvalue weighted by Gasteiger charge is 2.07. The summed E-state index contributed by atoms with van der Waals surface area (Å²) in [4.78, 5) is 8.25. The summed E-state index contributed by atoms with van der Waals surface area (Å²) in [5.74, 6) is 0.349. The highest BCUT2D eigenvalue weighted by Crippen LogP contribution is 2.10. The van der Waals surface area contributed by atoms with Crippen LogP contribution < -0.4 is 10.5 Å². The minimum atomic E-state index is -3.68. The molecule has 0 saturated heterocycles. The Balaban J connectivity index is 2.10. The quantitative estimate of drug-likeness (QED) is 0.866. The molecular weight excluding hydrogens is 290 g/mol. The lowest BCUT2D eigenvalue weighted by molar-refractivity contribution is 0.598. The number of nitrogens with one attached hydrogen (secondary N) is 1. The molecule has 1 aromatic carbocycles. The van der Waals surface area contributed by atoms with Crippen molar-refractivity contribution in [2.75, 3.05) is 5.32 Å². The Morgan fingerprint density at radius 3 is 2.52 bits per heavy atom. The molecule has 2 rings (SSSR count). The van der Waals surface area contributed by atoms with E-state index in [4.69, 9.17) is 10.4 Å². The number of aromatic nitrogens is 2. The van der Waals surface area contributed by atoms with Gasteiger partial charge in [-0.05, 0) is 30.7 Å². The Kier molecular flexibility index (Phi) is 4.16. The molecule has 21 heavy (non-hydrogen) atoms. The number of anilines is 1. The van der Waals surface area contributed by atoms with E-state index in [1.165, 1.54) is 12.1 Å². The van der Waals surface area contributed by atoms with Crippen molar-refractivity contribution in [2.45, 2.75) is 18.4 Å². The zero-order valence-electron chi connectivity index (χ0n) is 11.2. The van der Waals surface area contributed by atoms with Gasteiger partial charge in [-0.25, -0.2) is 23.5 Å². The number of sulfonamides is 1. The summed E-state index contributed by atoms with van der Waals surface area (Å²) in [6.45, 7) is 2.17. The maximum Gasteiger partial charge on any atom is 0.238 e. The van der Waals surface area contributed by atoms with Gasteiger partial charge in [-0.1, -0.05) is 12.1 Å². The fraction of sp³-hybridized carbons (Fsp3) is 0.154. The number of primary sulfonamides is 1. The van der Waals surface area contributed by atoms with Crippen LogP contribution >= 0.6 is 0 Å². The second-order valence-corrected chi connectivity index (χ2v) is 5.93. The lowest BCUT2D eigenvalue weighted by Gasteiger charge is -2.06. The van der Waals surface area contributed by atoms with Gasteiger partial charge in [0.2, 0.25) is 16.0 Å². The number of nitrogens with two attached hydrogens (primary N) is 1. The van der Waals surface area contributed by atoms with Gasteiger partial charge >= 0.3 is 0 Å². The van der Waals surface area contributed by atoms with Crippen molar-refractivity contribution in [1.29, 1.82) is 5.26 Å². The van der Waals surface area contributed by atoms with E-state index in [0.29, 0.717) is 18.2 Å². The average Bonchev–Trinajstić information content (AvgIpc) is 2.44. The molecule has 0 aliphatic rings. The fourth-order valence-corrected chi connectivity index (χ4v) is 2.20. The van der Waals surface area contributed by atoms with Crippen LogP contribution in [-0.4, -0.2) is 18.4 Å². The third kappa shape index (κ3) is 3.98. The van der Waals surface area contributed by atoms with Crippen LogP contribution in [0.15, 0.2) is 35.2 Å². The topological polar surface area (TPSA) is 122 Å². The van der Waals surface area contributed by atoms with Gasteiger partial charge in [0.05, 0.1) is 4.90 Å². The van der Waals surface area contributed by atoms with Crippen LogP contribution in [0.4, 0.5) is 5.95 Å². The van der Waals surface area contributed by atoms with Crippen molar-refractivity contribution < 1.29 is 8.42 Å². The van der Waals surface area contributed by atoms with E-state index in [-0.39, 0.29) is 10.6 Å². The summed E-state index contributed by atoms with van der Waals surface area (Å²) in [5.41, 5.74) is 1.81. The molecule has 0 bridgehead atoms. The van der Waals surface area contributed by atoms with E-state index in [1.807, 2.05) is 6.07 Å². The lowest BCUT2D eigenvalue weighted by atomic mass is 10.2. The Hall–Kier alpha value is -2.50. The number of hydrogen-bond acceptors (Lipinski definition) is 6. The molecule has 0 unspecified atom stereocenters. The Bertz CT molecular complexity index is 794. The molecule has 3 N–H and O–H groups in total. The first-order valence-electron chi connectivity index (χ1n) is 6.00. The largest absolute Gasteiger partial charge is 0.350 e. The minimum absolute atomic E-state index is 0.0600. The number of rotatable bonds is 4. The van der Waals surface area contributed by atoms with E-state index in [1.54, 1.807) is 25.1 Å². The van der Waals surface area contributed by atoms with E-state index in [2.05, 4.69) is 15.3 Å². The van der Waals surface area contributed by atoms with Gasteiger partial charge in [0.1, 0.15) is 11.8 Å². The number of hydrogen-bond donors (Lipinski definition) is 2. The predicted molar refractivity (Wildman–Crippen MR) is 76.6 cm³/mol. The summed E-state index contributed by atoms with van der Waals surface area (Å²) < 4.78 is 22.3. The molecule has 1 aromatic heterocycles. The predicted octanol–water partition coefficient (Wildman–Crippen LogP) is 0.916. The molecule has 0 amide bonds. The second kappa shape index (κ2) is 5.87. The lowest BCUT2D eigenvalue weighted by Crippen LogP contribution is -2.12. The normalized spacial score (nSPS) is 10.9. The second-order valence-electron chi connectivity index (χ2n) is 4.37. The van der Waals surface area contributed by atoms with E-state index >= 15 is 0 Å². The molecule has 2 aromatic rings. The number of aryl methyl sites for hydroxylation is 1. The first-order valence-corrected chi connectivity index (χ1v) is 7.54. The molecule has 8 heteroatoms.